The Kier molecular flexibility index (Phi) is 4.69. The summed E-state index contributed by atoms with van der Waals surface area (Å²) >= 11 is 3.44. The number of unbranched alkanes of at least 4 members (excludes halogenated alkanes) is 1. The first-order valence-corrected chi connectivity index (χ1v) is 6.73. The first kappa shape index (κ1) is 13.0. The highest BCUT2D eigenvalue weighted by Crippen LogP contribution is 2.24. The molecule has 0 radical (unpaired) electrons. The second kappa shape index (κ2) is 6.49. The van der Waals surface area contributed by atoms with Crippen LogP contribution >= 0.6 is 15.9 Å². The maximum absolute atomic E-state index is 5.69. The van der Waals surface area contributed by atoms with Crippen molar-refractivity contribution in [2.45, 2.75) is 32.9 Å². The summed E-state index contributed by atoms with van der Waals surface area (Å²) in [5.74, 6) is 1.54. The number of para-hydroxylation sites is 1. The Bertz CT molecular complexity index is 500. The summed E-state index contributed by atoms with van der Waals surface area (Å²) in [5.41, 5.74) is 0. The Hall–Kier alpha value is -1.43. The van der Waals surface area contributed by atoms with Crippen LogP contribution < -0.4 is 4.74 Å². The third-order valence-electron chi connectivity index (χ3n) is 2.52. The number of nitrogens with zero attached hydrogens (tertiary/aromatic N) is 4. The van der Waals surface area contributed by atoms with Crippen molar-refractivity contribution in [2.24, 2.45) is 0 Å². The van der Waals surface area contributed by atoms with E-state index in [-0.39, 0.29) is 0 Å². The number of aryl methyl sites for hydroxylation is 1. The Balaban J connectivity index is 1.98. The van der Waals surface area contributed by atoms with Crippen molar-refractivity contribution in [3.8, 4) is 5.75 Å². The standard InChI is InChI=1S/C12H15BrN4O/c1-2-3-8-17-12(14-15-16-17)9-18-11-7-5-4-6-10(11)13/h4-7H,2-3,8-9H2,1H3. The summed E-state index contributed by atoms with van der Waals surface area (Å²) in [6.45, 7) is 3.35. The van der Waals surface area contributed by atoms with E-state index >= 15 is 0 Å². The first-order chi connectivity index (χ1) is 8.81. The van der Waals surface area contributed by atoms with E-state index in [1.807, 2.05) is 24.3 Å². The van der Waals surface area contributed by atoms with Crippen LogP contribution in [0.2, 0.25) is 0 Å². The summed E-state index contributed by atoms with van der Waals surface area (Å²) < 4.78 is 8.41. The number of halogens is 1. The highest BCUT2D eigenvalue weighted by molar-refractivity contribution is 9.10. The normalized spacial score (nSPS) is 10.6. The molecule has 18 heavy (non-hydrogen) atoms. The van der Waals surface area contributed by atoms with Crippen LogP contribution in [-0.4, -0.2) is 20.2 Å². The fourth-order valence-corrected chi connectivity index (χ4v) is 1.91. The molecule has 0 amide bonds. The molecule has 96 valence electrons. The Labute approximate surface area is 114 Å². The van der Waals surface area contributed by atoms with Gasteiger partial charge in [-0.1, -0.05) is 25.5 Å². The van der Waals surface area contributed by atoms with Gasteiger partial charge in [-0.05, 0) is 44.9 Å². The van der Waals surface area contributed by atoms with Gasteiger partial charge in [-0.15, -0.1) is 5.10 Å². The van der Waals surface area contributed by atoms with Crippen molar-refractivity contribution in [3.63, 3.8) is 0 Å². The maximum atomic E-state index is 5.69. The molecule has 0 N–H and O–H groups in total. The van der Waals surface area contributed by atoms with Crippen molar-refractivity contribution in [3.05, 3.63) is 34.6 Å². The van der Waals surface area contributed by atoms with E-state index in [1.54, 1.807) is 4.68 Å². The van der Waals surface area contributed by atoms with Crippen LogP contribution in [0.15, 0.2) is 28.7 Å². The molecule has 6 heteroatoms. The van der Waals surface area contributed by atoms with Crippen LogP contribution in [-0.2, 0) is 13.2 Å². The molecule has 0 aliphatic rings. The van der Waals surface area contributed by atoms with Crippen molar-refractivity contribution in [1.29, 1.82) is 0 Å². The molecule has 0 unspecified atom stereocenters. The smallest absolute Gasteiger partial charge is 0.189 e. The molecule has 1 aromatic heterocycles. The molecule has 1 aromatic carbocycles. The fraction of sp³-hybridized carbons (Fsp3) is 0.417. The average Bonchev–Trinajstić information content (AvgIpc) is 2.83. The molecule has 0 saturated carbocycles. The highest BCUT2D eigenvalue weighted by atomic mass is 79.9. The van der Waals surface area contributed by atoms with Gasteiger partial charge in [-0.25, -0.2) is 4.68 Å². The predicted molar refractivity (Wildman–Crippen MR) is 71.2 cm³/mol. The zero-order valence-electron chi connectivity index (χ0n) is 10.2. The lowest BCUT2D eigenvalue weighted by Gasteiger charge is -2.07. The third-order valence-corrected chi connectivity index (χ3v) is 3.18. The second-order valence-electron chi connectivity index (χ2n) is 3.89. The molecule has 0 fully saturated rings. The molecule has 0 saturated heterocycles. The predicted octanol–water partition coefficient (Wildman–Crippen LogP) is 2.81. The van der Waals surface area contributed by atoms with Crippen LogP contribution in [0.3, 0.4) is 0 Å². The van der Waals surface area contributed by atoms with Crippen LogP contribution in [0.5, 0.6) is 5.75 Å². The van der Waals surface area contributed by atoms with Crippen LogP contribution in [0.4, 0.5) is 0 Å². The molecule has 2 rings (SSSR count). The lowest BCUT2D eigenvalue weighted by molar-refractivity contribution is 0.284. The number of hydrogen-bond acceptors (Lipinski definition) is 4. The van der Waals surface area contributed by atoms with Gasteiger partial charge >= 0.3 is 0 Å². The molecule has 1 heterocycles. The van der Waals surface area contributed by atoms with Gasteiger partial charge in [0.15, 0.2) is 5.82 Å². The van der Waals surface area contributed by atoms with Crippen molar-refractivity contribution >= 4 is 15.9 Å². The number of tetrazole rings is 1. The van der Waals surface area contributed by atoms with Crippen molar-refractivity contribution in [2.75, 3.05) is 0 Å². The van der Waals surface area contributed by atoms with E-state index in [1.165, 1.54) is 0 Å². The van der Waals surface area contributed by atoms with Crippen molar-refractivity contribution in [1.82, 2.24) is 20.2 Å². The summed E-state index contributed by atoms with van der Waals surface area (Å²) in [5, 5.41) is 11.6. The van der Waals surface area contributed by atoms with Gasteiger partial charge in [0.25, 0.3) is 0 Å². The van der Waals surface area contributed by atoms with Gasteiger partial charge in [0.1, 0.15) is 12.4 Å². The summed E-state index contributed by atoms with van der Waals surface area (Å²) in [6, 6.07) is 7.72. The number of aromatic nitrogens is 4. The zero-order chi connectivity index (χ0) is 12.8. The monoisotopic (exact) mass is 310 g/mol. The largest absolute Gasteiger partial charge is 0.484 e. The SMILES string of the molecule is CCCCn1nnnc1COc1ccccc1Br. The highest BCUT2D eigenvalue weighted by Gasteiger charge is 2.07. The lowest BCUT2D eigenvalue weighted by atomic mass is 10.3. The van der Waals surface area contributed by atoms with E-state index in [9.17, 15) is 0 Å². The molecular weight excluding hydrogens is 296 g/mol. The molecule has 0 bridgehead atoms. The van der Waals surface area contributed by atoms with Crippen LogP contribution in [0, 0.1) is 0 Å². The summed E-state index contributed by atoms with van der Waals surface area (Å²) in [6.07, 6.45) is 2.18. The van der Waals surface area contributed by atoms with Gasteiger partial charge in [0.2, 0.25) is 0 Å². The minimum absolute atomic E-state index is 0.374. The van der Waals surface area contributed by atoms with Crippen LogP contribution in [0.25, 0.3) is 0 Å². The van der Waals surface area contributed by atoms with Gasteiger partial charge in [-0.2, -0.15) is 0 Å². The molecule has 0 spiro atoms. The van der Waals surface area contributed by atoms with Gasteiger partial charge in [0, 0.05) is 6.54 Å². The topological polar surface area (TPSA) is 52.8 Å². The lowest BCUT2D eigenvalue weighted by Crippen LogP contribution is -2.09. The summed E-state index contributed by atoms with van der Waals surface area (Å²) in [7, 11) is 0. The van der Waals surface area contributed by atoms with Gasteiger partial charge < -0.3 is 4.74 Å². The number of hydrogen-bond donors (Lipinski definition) is 0. The average molecular weight is 311 g/mol. The minimum Gasteiger partial charge on any atom is -0.484 e. The van der Waals surface area contributed by atoms with E-state index in [4.69, 9.17) is 4.74 Å². The van der Waals surface area contributed by atoms with Gasteiger partial charge in [-0.3, -0.25) is 0 Å². The fourth-order valence-electron chi connectivity index (χ4n) is 1.51. The Morgan fingerprint density at radius 3 is 2.94 bits per heavy atom. The quantitative estimate of drug-likeness (QED) is 0.823. The maximum Gasteiger partial charge on any atom is 0.189 e. The van der Waals surface area contributed by atoms with E-state index in [0.29, 0.717) is 6.61 Å². The van der Waals surface area contributed by atoms with E-state index in [2.05, 4.69) is 38.4 Å². The number of benzene rings is 1. The van der Waals surface area contributed by atoms with Crippen LogP contribution in [0.1, 0.15) is 25.6 Å². The van der Waals surface area contributed by atoms with Crippen molar-refractivity contribution < 1.29 is 4.74 Å². The van der Waals surface area contributed by atoms with E-state index < -0.39 is 0 Å². The Morgan fingerprint density at radius 1 is 1.33 bits per heavy atom. The molecule has 0 aliphatic carbocycles. The number of rotatable bonds is 6. The van der Waals surface area contributed by atoms with E-state index in [0.717, 1.165) is 35.4 Å². The minimum atomic E-state index is 0.374. The zero-order valence-corrected chi connectivity index (χ0v) is 11.8. The molecular formula is C12H15BrN4O. The molecule has 0 atom stereocenters. The number of ether oxygens (including phenoxy) is 1. The Morgan fingerprint density at radius 2 is 2.17 bits per heavy atom. The molecule has 0 aliphatic heterocycles. The first-order valence-electron chi connectivity index (χ1n) is 5.93. The third kappa shape index (κ3) is 3.29. The molecule has 2 aromatic rings. The second-order valence-corrected chi connectivity index (χ2v) is 4.75. The molecule has 5 nitrogen and oxygen atoms in total. The summed E-state index contributed by atoms with van der Waals surface area (Å²) in [4.78, 5) is 0. The van der Waals surface area contributed by atoms with Gasteiger partial charge in [0.05, 0.1) is 4.47 Å².